The summed E-state index contributed by atoms with van der Waals surface area (Å²) >= 11 is 0. The van der Waals surface area contributed by atoms with E-state index >= 15 is 0 Å². The molecule has 0 amide bonds. The van der Waals surface area contributed by atoms with Gasteiger partial charge in [-0.15, -0.1) is 7.92 Å². The first-order chi connectivity index (χ1) is 11.3. The number of rotatable bonds is 9. The molecular weight excluding hydrogens is 367 g/mol. The monoisotopic (exact) mass is 394 g/mol. The van der Waals surface area contributed by atoms with E-state index in [4.69, 9.17) is 23.3 Å². The molecule has 24 heavy (non-hydrogen) atoms. The Bertz CT molecular complexity index is 208. The zero-order chi connectivity index (χ0) is 19.9. The first-order valence-corrected chi connectivity index (χ1v) is 8.99. The van der Waals surface area contributed by atoms with Crippen LogP contribution in [0.4, 0.5) is 0 Å². The third kappa shape index (κ3) is 68.0. The molecule has 0 rings (SSSR count). The summed E-state index contributed by atoms with van der Waals surface area (Å²) in [7, 11) is 0.422. The molecular formula is C17H27CrO5P. The van der Waals surface area contributed by atoms with E-state index in [2.05, 4.69) is 54.0 Å². The summed E-state index contributed by atoms with van der Waals surface area (Å²) in [6.07, 6.45) is 13.2. The number of hydrogen-bond acceptors (Lipinski definition) is 0. The Hall–Kier alpha value is -0.338. The van der Waals surface area contributed by atoms with Crippen LogP contribution in [0.5, 0.6) is 0 Å². The molecule has 0 aromatic carbocycles. The molecule has 0 atom stereocenters. The minimum absolute atomic E-state index is 0. The van der Waals surface area contributed by atoms with Crippen LogP contribution in [0.15, 0.2) is 0 Å². The topological polar surface area (TPSA) is 99.5 Å². The SMILES string of the molecule is CCCCP(CCCC)CCCC.[C-]#[O+].[C-]#[O+].[C-]#[O+].[C-]#[O+].[C-]#[O+].[Cr]. The maximum atomic E-state index is 7.50. The van der Waals surface area contributed by atoms with Crippen molar-refractivity contribution in [1.29, 1.82) is 0 Å². The summed E-state index contributed by atoms with van der Waals surface area (Å²) in [6.45, 7) is 29.4. The molecule has 0 spiro atoms. The minimum atomic E-state index is 0. The Morgan fingerprint density at radius 3 is 0.792 bits per heavy atom. The Kier molecular flexibility index (Phi) is 143. The van der Waals surface area contributed by atoms with E-state index in [1.165, 1.54) is 38.5 Å². The van der Waals surface area contributed by atoms with Gasteiger partial charge in [-0.25, -0.2) is 0 Å². The van der Waals surface area contributed by atoms with Crippen LogP contribution in [-0.2, 0) is 40.6 Å². The molecule has 0 unspecified atom stereocenters. The molecule has 0 aliphatic rings. The van der Waals surface area contributed by atoms with Crippen LogP contribution in [0, 0.1) is 33.3 Å². The van der Waals surface area contributed by atoms with Crippen LogP contribution in [0.2, 0.25) is 0 Å². The minimum Gasteiger partial charge on any atom is 0 e. The largest absolute Gasteiger partial charge is 0 e. The second-order valence-corrected chi connectivity index (χ2v) is 6.59. The third-order valence-electron chi connectivity index (χ3n) is 2.48. The molecule has 136 valence electrons. The Morgan fingerprint density at radius 2 is 0.667 bits per heavy atom. The van der Waals surface area contributed by atoms with E-state index in [1.54, 1.807) is 18.5 Å². The predicted molar refractivity (Wildman–Crippen MR) is 85.9 cm³/mol. The average Bonchev–Trinajstić information content (AvgIpc) is 2.69. The Labute approximate surface area is 159 Å². The zero-order valence-corrected chi connectivity index (χ0v) is 16.9. The summed E-state index contributed by atoms with van der Waals surface area (Å²) in [5.74, 6) is 0. The van der Waals surface area contributed by atoms with E-state index in [0.29, 0.717) is 7.92 Å². The van der Waals surface area contributed by atoms with E-state index in [1.807, 2.05) is 0 Å². The van der Waals surface area contributed by atoms with E-state index in [0.717, 1.165) is 0 Å². The normalized spacial score (nSPS) is 6.42. The maximum absolute atomic E-state index is 7.50. The maximum Gasteiger partial charge on any atom is 0 e. The first kappa shape index (κ1) is 43.8. The van der Waals surface area contributed by atoms with Crippen molar-refractivity contribution in [1.82, 2.24) is 0 Å². The molecule has 0 saturated carbocycles. The molecule has 0 aromatic heterocycles. The summed E-state index contributed by atoms with van der Waals surface area (Å²) in [4.78, 5) is 0. The fourth-order valence-corrected chi connectivity index (χ4v) is 4.44. The van der Waals surface area contributed by atoms with Gasteiger partial charge in [0.05, 0.1) is 0 Å². The second kappa shape index (κ2) is 78.2. The molecule has 0 fully saturated rings. The van der Waals surface area contributed by atoms with Gasteiger partial charge >= 0.3 is 56.5 Å². The molecule has 5 nitrogen and oxygen atoms in total. The van der Waals surface area contributed by atoms with Crippen molar-refractivity contribution in [3.8, 4) is 0 Å². The van der Waals surface area contributed by atoms with E-state index < -0.39 is 0 Å². The van der Waals surface area contributed by atoms with Gasteiger partial charge < -0.3 is 0 Å². The van der Waals surface area contributed by atoms with Crippen molar-refractivity contribution < 1.29 is 40.6 Å². The van der Waals surface area contributed by atoms with Crippen LogP contribution < -0.4 is 0 Å². The van der Waals surface area contributed by atoms with E-state index in [9.17, 15) is 0 Å². The average molecular weight is 394 g/mol. The van der Waals surface area contributed by atoms with Crippen LogP contribution in [0.1, 0.15) is 59.3 Å². The summed E-state index contributed by atoms with van der Waals surface area (Å²) in [6, 6.07) is 0. The van der Waals surface area contributed by atoms with Gasteiger partial charge in [0.25, 0.3) is 0 Å². The Balaban J connectivity index is -0.0000000448. The van der Waals surface area contributed by atoms with Crippen molar-refractivity contribution in [3.05, 3.63) is 33.3 Å². The van der Waals surface area contributed by atoms with Gasteiger partial charge in [-0.1, -0.05) is 40.0 Å². The van der Waals surface area contributed by atoms with E-state index in [-0.39, 0.29) is 17.4 Å². The quantitative estimate of drug-likeness (QED) is 0.308. The summed E-state index contributed by atoms with van der Waals surface area (Å²) in [5, 5.41) is 0. The smallest absolute Gasteiger partial charge is 0 e. The van der Waals surface area contributed by atoms with Crippen molar-refractivity contribution in [2.75, 3.05) is 18.5 Å². The van der Waals surface area contributed by atoms with Gasteiger partial charge in [0.15, 0.2) is 0 Å². The fraction of sp³-hybridized carbons (Fsp3) is 0.706. The first-order valence-electron chi connectivity index (χ1n) is 7.09. The standard InChI is InChI=1S/C12H27P.5CO.Cr/c1-4-7-10-13(11-8-5-2)12-9-6-3;5*1-2;/h4-12H2,1-3H3;;;;;;. The van der Waals surface area contributed by atoms with Crippen molar-refractivity contribution >= 4 is 7.92 Å². The zero-order valence-electron chi connectivity index (χ0n) is 14.8. The molecule has 0 heterocycles. The van der Waals surface area contributed by atoms with Gasteiger partial charge in [-0.3, -0.25) is 0 Å². The fourth-order valence-electron chi connectivity index (χ4n) is 1.48. The van der Waals surface area contributed by atoms with Crippen LogP contribution in [-0.4, -0.2) is 18.5 Å². The molecule has 0 radical (unpaired) electrons. The molecule has 0 saturated heterocycles. The van der Waals surface area contributed by atoms with Crippen molar-refractivity contribution in [2.24, 2.45) is 0 Å². The van der Waals surface area contributed by atoms with Crippen molar-refractivity contribution in [3.63, 3.8) is 0 Å². The van der Waals surface area contributed by atoms with Gasteiger partial charge in [0.2, 0.25) is 0 Å². The van der Waals surface area contributed by atoms with Gasteiger partial charge in [-0.05, 0) is 37.7 Å². The van der Waals surface area contributed by atoms with Gasteiger partial charge in [0, 0.05) is 17.4 Å². The molecule has 0 N–H and O–H groups in total. The van der Waals surface area contributed by atoms with Gasteiger partial charge in [-0.2, -0.15) is 0 Å². The molecule has 0 aliphatic carbocycles. The van der Waals surface area contributed by atoms with Crippen LogP contribution in [0.25, 0.3) is 0 Å². The summed E-state index contributed by atoms with van der Waals surface area (Å²) in [5.41, 5.74) is 0. The Morgan fingerprint density at radius 1 is 0.500 bits per heavy atom. The molecule has 7 heteroatoms. The van der Waals surface area contributed by atoms with Crippen LogP contribution >= 0.6 is 7.92 Å². The summed E-state index contributed by atoms with van der Waals surface area (Å²) < 4.78 is 37.5. The second-order valence-electron chi connectivity index (χ2n) is 3.90. The molecule has 0 bridgehead atoms. The predicted octanol–water partition coefficient (Wildman–Crippen LogP) is 4.68. The number of hydrogen-bond donors (Lipinski definition) is 0. The molecule has 0 aromatic rings. The third-order valence-corrected chi connectivity index (χ3v) is 5.33. The van der Waals surface area contributed by atoms with Crippen LogP contribution in [0.3, 0.4) is 0 Å². The van der Waals surface area contributed by atoms with Crippen molar-refractivity contribution in [2.45, 2.75) is 59.3 Å². The van der Waals surface area contributed by atoms with Gasteiger partial charge in [0.1, 0.15) is 0 Å². The molecule has 0 aliphatic heterocycles. The number of unbranched alkanes of at least 4 members (excludes halogenated alkanes) is 3.